The minimum Gasteiger partial charge on any atom is -0.342 e. The monoisotopic (exact) mass is 436 g/mol. The van der Waals surface area contributed by atoms with E-state index in [1.807, 2.05) is 40.3 Å². The lowest BCUT2D eigenvalue weighted by Gasteiger charge is -2.32. The minimum atomic E-state index is 0.207. The summed E-state index contributed by atoms with van der Waals surface area (Å²) in [7, 11) is 1.96. The fourth-order valence-electron chi connectivity index (χ4n) is 4.68. The number of piperidine rings is 1. The second kappa shape index (κ2) is 8.78. The van der Waals surface area contributed by atoms with Crippen LogP contribution in [0.25, 0.3) is 11.3 Å². The molecule has 162 valence electrons. The first-order valence-electron chi connectivity index (χ1n) is 11.1. The van der Waals surface area contributed by atoms with Gasteiger partial charge in [0.15, 0.2) is 0 Å². The van der Waals surface area contributed by atoms with Gasteiger partial charge in [-0.2, -0.15) is 16.4 Å². The Kier molecular flexibility index (Phi) is 5.72. The third-order valence-electron chi connectivity index (χ3n) is 6.26. The van der Waals surface area contributed by atoms with Crippen molar-refractivity contribution in [3.63, 3.8) is 0 Å². The van der Waals surface area contributed by atoms with Gasteiger partial charge in [0.05, 0.1) is 17.8 Å². The number of carbonyl (C=O) groups excluding carboxylic acids is 1. The SMILES string of the molecule is Cn1cc(-c2ccnc(N3CCCC3)n2)c([C@H]2CCCN(C(=O)Cc3ccsc3)C2)n1. The molecule has 0 unspecified atom stereocenters. The maximum atomic E-state index is 12.9. The van der Waals surface area contributed by atoms with E-state index in [4.69, 9.17) is 10.1 Å². The summed E-state index contributed by atoms with van der Waals surface area (Å²) in [6.07, 6.45) is 8.82. The molecule has 0 aromatic carbocycles. The van der Waals surface area contributed by atoms with E-state index in [0.29, 0.717) is 6.42 Å². The molecule has 0 bridgehead atoms. The van der Waals surface area contributed by atoms with Gasteiger partial charge >= 0.3 is 0 Å². The summed E-state index contributed by atoms with van der Waals surface area (Å²) in [5, 5.41) is 8.90. The van der Waals surface area contributed by atoms with Crippen LogP contribution in [0.1, 0.15) is 42.9 Å². The summed E-state index contributed by atoms with van der Waals surface area (Å²) in [5.74, 6) is 1.24. The molecule has 0 N–H and O–H groups in total. The Balaban J connectivity index is 1.37. The van der Waals surface area contributed by atoms with Crippen LogP contribution in [0.3, 0.4) is 0 Å². The summed E-state index contributed by atoms with van der Waals surface area (Å²) < 4.78 is 1.87. The molecule has 2 aliphatic heterocycles. The van der Waals surface area contributed by atoms with E-state index in [1.165, 1.54) is 12.8 Å². The van der Waals surface area contributed by atoms with Gasteiger partial charge in [-0.25, -0.2) is 9.97 Å². The van der Waals surface area contributed by atoms with Crippen LogP contribution in [0.15, 0.2) is 35.3 Å². The van der Waals surface area contributed by atoms with Crippen molar-refractivity contribution in [2.45, 2.75) is 38.0 Å². The number of hydrogen-bond donors (Lipinski definition) is 0. The smallest absolute Gasteiger partial charge is 0.227 e. The summed E-state index contributed by atoms with van der Waals surface area (Å²) in [6, 6.07) is 4.01. The highest BCUT2D eigenvalue weighted by Gasteiger charge is 2.29. The van der Waals surface area contributed by atoms with Crippen molar-refractivity contribution >= 4 is 23.2 Å². The van der Waals surface area contributed by atoms with E-state index in [0.717, 1.165) is 67.5 Å². The van der Waals surface area contributed by atoms with Gasteiger partial charge in [0.1, 0.15) is 0 Å². The van der Waals surface area contributed by atoms with Crippen LogP contribution in [0.5, 0.6) is 0 Å². The molecule has 0 spiro atoms. The predicted molar refractivity (Wildman–Crippen MR) is 122 cm³/mol. The zero-order chi connectivity index (χ0) is 21.2. The van der Waals surface area contributed by atoms with Crippen molar-refractivity contribution in [3.8, 4) is 11.3 Å². The molecule has 5 heterocycles. The lowest BCUT2D eigenvalue weighted by molar-refractivity contribution is -0.131. The fraction of sp³-hybridized carbons (Fsp3) is 0.478. The van der Waals surface area contributed by atoms with Gasteiger partial charge in [0, 0.05) is 57.1 Å². The maximum Gasteiger partial charge on any atom is 0.227 e. The quantitative estimate of drug-likeness (QED) is 0.613. The van der Waals surface area contributed by atoms with Gasteiger partial charge in [-0.3, -0.25) is 9.48 Å². The first-order chi connectivity index (χ1) is 15.2. The molecule has 1 amide bonds. The summed E-state index contributed by atoms with van der Waals surface area (Å²) >= 11 is 1.64. The maximum absolute atomic E-state index is 12.9. The number of aromatic nitrogens is 4. The lowest BCUT2D eigenvalue weighted by Crippen LogP contribution is -2.40. The number of aryl methyl sites for hydroxylation is 1. The van der Waals surface area contributed by atoms with Crippen molar-refractivity contribution < 1.29 is 4.79 Å². The zero-order valence-corrected chi connectivity index (χ0v) is 18.7. The van der Waals surface area contributed by atoms with Crippen molar-refractivity contribution in [1.29, 1.82) is 0 Å². The van der Waals surface area contributed by atoms with Crippen LogP contribution < -0.4 is 4.90 Å². The molecule has 0 aliphatic carbocycles. The number of likely N-dealkylation sites (tertiary alicyclic amines) is 1. The Hall–Kier alpha value is -2.74. The molecular formula is C23H28N6OS. The Morgan fingerprint density at radius 1 is 1.19 bits per heavy atom. The number of hydrogen-bond acceptors (Lipinski definition) is 6. The summed E-state index contributed by atoms with van der Waals surface area (Å²) in [6.45, 7) is 3.59. The van der Waals surface area contributed by atoms with Gasteiger partial charge in [0.25, 0.3) is 0 Å². The Bertz CT molecular complexity index is 1040. The molecule has 2 aliphatic rings. The van der Waals surface area contributed by atoms with Crippen LogP contribution in [0.2, 0.25) is 0 Å². The lowest BCUT2D eigenvalue weighted by atomic mass is 9.91. The van der Waals surface area contributed by atoms with Gasteiger partial charge in [-0.15, -0.1) is 0 Å². The number of amides is 1. The highest BCUT2D eigenvalue weighted by Crippen LogP contribution is 2.33. The second-order valence-corrected chi connectivity index (χ2v) is 9.31. The molecule has 0 saturated carbocycles. The van der Waals surface area contributed by atoms with Crippen LogP contribution in [-0.2, 0) is 18.3 Å². The van der Waals surface area contributed by atoms with Crippen LogP contribution >= 0.6 is 11.3 Å². The molecule has 8 heteroatoms. The fourth-order valence-corrected chi connectivity index (χ4v) is 5.35. The second-order valence-electron chi connectivity index (χ2n) is 8.53. The van der Waals surface area contributed by atoms with Crippen molar-refractivity contribution in [2.75, 3.05) is 31.1 Å². The number of carbonyl (C=O) groups is 1. The average Bonchev–Trinajstić information content (AvgIpc) is 3.56. The Morgan fingerprint density at radius 3 is 2.87 bits per heavy atom. The topological polar surface area (TPSA) is 67.2 Å². The molecule has 0 radical (unpaired) electrons. The molecule has 5 rings (SSSR count). The third kappa shape index (κ3) is 4.35. The van der Waals surface area contributed by atoms with Gasteiger partial charge < -0.3 is 9.80 Å². The zero-order valence-electron chi connectivity index (χ0n) is 17.9. The Labute approximate surface area is 186 Å². The van der Waals surface area contributed by atoms with Crippen molar-refractivity contribution in [1.82, 2.24) is 24.6 Å². The highest BCUT2D eigenvalue weighted by molar-refractivity contribution is 7.08. The van der Waals surface area contributed by atoms with Gasteiger partial charge in [0.2, 0.25) is 11.9 Å². The van der Waals surface area contributed by atoms with Crippen LogP contribution in [-0.4, -0.2) is 56.7 Å². The molecule has 7 nitrogen and oxygen atoms in total. The molecule has 3 aromatic heterocycles. The standard InChI is InChI=1S/C23H28N6OS/c1-27-15-19(20-6-8-24-23(25-20)28-9-2-3-10-28)22(26-27)18-5-4-11-29(14-18)21(30)13-17-7-12-31-16-17/h6-8,12,15-16,18H,2-5,9-11,13-14H2,1H3/t18-/m0/s1. The molecule has 2 fully saturated rings. The molecule has 1 atom stereocenters. The largest absolute Gasteiger partial charge is 0.342 e. The summed E-state index contributed by atoms with van der Waals surface area (Å²) in [5.41, 5.74) is 4.12. The Morgan fingerprint density at radius 2 is 2.06 bits per heavy atom. The van der Waals surface area contributed by atoms with Crippen molar-refractivity contribution in [2.24, 2.45) is 7.05 Å². The van der Waals surface area contributed by atoms with Gasteiger partial charge in [-0.1, -0.05) is 0 Å². The highest BCUT2D eigenvalue weighted by atomic mass is 32.1. The van der Waals surface area contributed by atoms with Crippen LogP contribution in [0, 0.1) is 0 Å². The molecular weight excluding hydrogens is 408 g/mol. The number of rotatable bonds is 5. The first-order valence-corrected chi connectivity index (χ1v) is 12.0. The summed E-state index contributed by atoms with van der Waals surface area (Å²) in [4.78, 5) is 26.5. The van der Waals surface area contributed by atoms with Crippen LogP contribution in [0.4, 0.5) is 5.95 Å². The van der Waals surface area contributed by atoms with E-state index in [1.54, 1.807) is 11.3 Å². The number of thiophene rings is 1. The van der Waals surface area contributed by atoms with E-state index in [9.17, 15) is 4.79 Å². The minimum absolute atomic E-state index is 0.207. The predicted octanol–water partition coefficient (Wildman–Crippen LogP) is 3.49. The molecule has 2 saturated heterocycles. The van der Waals surface area contributed by atoms with E-state index >= 15 is 0 Å². The van der Waals surface area contributed by atoms with E-state index in [-0.39, 0.29) is 11.8 Å². The third-order valence-corrected chi connectivity index (χ3v) is 6.99. The normalized spacial score (nSPS) is 19.2. The molecule has 3 aromatic rings. The number of anilines is 1. The van der Waals surface area contributed by atoms with E-state index < -0.39 is 0 Å². The van der Waals surface area contributed by atoms with Crippen molar-refractivity contribution in [3.05, 3.63) is 46.5 Å². The molecule has 31 heavy (non-hydrogen) atoms. The first kappa shape index (κ1) is 20.2. The van der Waals surface area contributed by atoms with Gasteiger partial charge in [-0.05, 0) is 54.1 Å². The average molecular weight is 437 g/mol. The van der Waals surface area contributed by atoms with E-state index in [2.05, 4.69) is 21.5 Å². The number of nitrogens with zero attached hydrogens (tertiary/aromatic N) is 6.